The molecule has 3 fully saturated rings. The van der Waals surface area contributed by atoms with Crippen molar-refractivity contribution >= 4 is 24.8 Å². The average Bonchev–Trinajstić information content (AvgIpc) is 2.24. The number of hydrogen-bond acceptors (Lipinski definition) is 4. The third-order valence-electron chi connectivity index (χ3n) is 3.65. The number of aromatic amines is 1. The Labute approximate surface area is 110 Å². The number of rotatable bonds is 2. The Balaban J connectivity index is 0.00000108. The van der Waals surface area contributed by atoms with Gasteiger partial charge in [0.25, 0.3) is 0 Å². The summed E-state index contributed by atoms with van der Waals surface area (Å²) in [5.41, 5.74) is 5.52. The van der Waals surface area contributed by atoms with Crippen molar-refractivity contribution in [1.29, 1.82) is 0 Å². The van der Waals surface area contributed by atoms with E-state index in [1.54, 1.807) is 0 Å². The minimum atomic E-state index is -0.419. The van der Waals surface area contributed by atoms with Gasteiger partial charge in [-0.1, -0.05) is 0 Å². The van der Waals surface area contributed by atoms with Crippen molar-refractivity contribution in [2.45, 2.75) is 24.5 Å². The number of nitrogens with two attached hydrogens (primary N) is 1. The third kappa shape index (κ3) is 1.75. The molecule has 2 bridgehead atoms. The molecule has 0 spiro atoms. The first kappa shape index (κ1) is 12.4. The summed E-state index contributed by atoms with van der Waals surface area (Å²) in [6.07, 6.45) is 3.12. The predicted octanol–water partition coefficient (Wildman–Crippen LogP) is -0.627. The fourth-order valence-corrected chi connectivity index (χ4v) is 2.39. The molecule has 0 saturated heterocycles. The van der Waals surface area contributed by atoms with Crippen molar-refractivity contribution in [3.8, 4) is 0 Å². The molecule has 0 amide bonds. The molecule has 1 heterocycles. The first-order valence-electron chi connectivity index (χ1n) is 5.28. The van der Waals surface area contributed by atoms with Crippen molar-refractivity contribution < 1.29 is 9.53 Å². The Kier molecular flexibility index (Phi) is 2.94. The molecular formula is C11H13LiN2O3. The molecule has 1 atom stereocenters. The standard InChI is InChI=1S/C11H12N2O3.Li.H/c12-9-7-3-11(9,4-7)16-10(15)6-1-2-8(14)13-5-6;;/h1-2,5,7,9H,3-4,12H2,(H,13,14);;/t7?,9-,11?;;/m1../s1. The quantitative estimate of drug-likeness (QED) is 0.521. The topological polar surface area (TPSA) is 85.2 Å². The number of H-pyrrole nitrogens is 1. The number of carbonyl (C=O) groups excluding carboxylic acids is 1. The van der Waals surface area contributed by atoms with Crippen LogP contribution in [-0.4, -0.2) is 41.5 Å². The van der Waals surface area contributed by atoms with Gasteiger partial charge in [-0.15, -0.1) is 0 Å². The summed E-state index contributed by atoms with van der Waals surface area (Å²) in [5, 5.41) is 0. The van der Waals surface area contributed by atoms with Crippen LogP contribution in [0.5, 0.6) is 0 Å². The van der Waals surface area contributed by atoms with Gasteiger partial charge >= 0.3 is 24.8 Å². The van der Waals surface area contributed by atoms with E-state index in [1.807, 2.05) is 0 Å². The number of hydrogen-bond donors (Lipinski definition) is 2. The second kappa shape index (κ2) is 4.02. The summed E-state index contributed by atoms with van der Waals surface area (Å²) in [6, 6.07) is 2.76. The van der Waals surface area contributed by atoms with Gasteiger partial charge in [-0.2, -0.15) is 0 Å². The molecule has 0 radical (unpaired) electrons. The van der Waals surface area contributed by atoms with E-state index < -0.39 is 11.6 Å². The second-order valence-corrected chi connectivity index (χ2v) is 4.59. The van der Waals surface area contributed by atoms with Gasteiger partial charge in [-0.25, -0.2) is 4.79 Å². The van der Waals surface area contributed by atoms with Crippen molar-refractivity contribution in [3.05, 3.63) is 34.2 Å². The van der Waals surface area contributed by atoms with E-state index in [-0.39, 0.29) is 30.5 Å². The summed E-state index contributed by atoms with van der Waals surface area (Å²) in [4.78, 5) is 25.0. The Hall–Kier alpha value is -1.02. The molecule has 5 nitrogen and oxygen atoms in total. The number of aromatic nitrogens is 1. The van der Waals surface area contributed by atoms with E-state index in [0.29, 0.717) is 11.5 Å². The zero-order chi connectivity index (χ0) is 11.3. The molecule has 0 aromatic carbocycles. The minimum absolute atomic E-state index is 0. The van der Waals surface area contributed by atoms with E-state index >= 15 is 0 Å². The Morgan fingerprint density at radius 1 is 1.47 bits per heavy atom. The van der Waals surface area contributed by atoms with Crippen molar-refractivity contribution in [2.75, 3.05) is 0 Å². The Morgan fingerprint density at radius 3 is 2.59 bits per heavy atom. The van der Waals surface area contributed by atoms with Crippen molar-refractivity contribution in [1.82, 2.24) is 4.98 Å². The maximum absolute atomic E-state index is 11.7. The van der Waals surface area contributed by atoms with Gasteiger partial charge in [-0.3, -0.25) is 4.79 Å². The van der Waals surface area contributed by atoms with E-state index in [9.17, 15) is 9.59 Å². The van der Waals surface area contributed by atoms with Crippen LogP contribution in [0.3, 0.4) is 0 Å². The van der Waals surface area contributed by atoms with Gasteiger partial charge in [0.2, 0.25) is 5.56 Å². The van der Waals surface area contributed by atoms with Crippen LogP contribution in [0, 0.1) is 5.92 Å². The van der Waals surface area contributed by atoms with Crippen LogP contribution in [0.2, 0.25) is 0 Å². The number of ether oxygens (including phenoxy) is 1. The second-order valence-electron chi connectivity index (χ2n) is 4.59. The van der Waals surface area contributed by atoms with Crippen LogP contribution in [0.25, 0.3) is 0 Å². The van der Waals surface area contributed by atoms with Gasteiger partial charge in [0.1, 0.15) is 5.60 Å². The van der Waals surface area contributed by atoms with Crippen LogP contribution in [0.15, 0.2) is 23.1 Å². The predicted molar refractivity (Wildman–Crippen MR) is 63.1 cm³/mol. The van der Waals surface area contributed by atoms with Gasteiger partial charge in [-0.05, 0) is 24.8 Å². The monoisotopic (exact) mass is 228 g/mol. The molecule has 0 unspecified atom stereocenters. The van der Waals surface area contributed by atoms with E-state index in [1.165, 1.54) is 18.3 Å². The Bertz CT molecular complexity index is 487. The summed E-state index contributed by atoms with van der Waals surface area (Å²) >= 11 is 0. The summed E-state index contributed by atoms with van der Waals surface area (Å²) < 4.78 is 5.39. The van der Waals surface area contributed by atoms with E-state index in [0.717, 1.165) is 12.8 Å². The van der Waals surface area contributed by atoms with Crippen LogP contribution in [0.4, 0.5) is 0 Å². The van der Waals surface area contributed by atoms with Crippen molar-refractivity contribution in [2.24, 2.45) is 11.7 Å². The van der Waals surface area contributed by atoms with Crippen LogP contribution >= 0.6 is 0 Å². The molecule has 6 heteroatoms. The van der Waals surface area contributed by atoms with Gasteiger partial charge < -0.3 is 15.5 Å². The molecule has 17 heavy (non-hydrogen) atoms. The molecule has 3 N–H and O–H groups in total. The zero-order valence-corrected chi connectivity index (χ0v) is 8.60. The number of nitrogens with one attached hydrogen (secondary N) is 1. The van der Waals surface area contributed by atoms with Crippen LogP contribution < -0.4 is 11.3 Å². The summed E-state index contributed by atoms with van der Waals surface area (Å²) in [5.74, 6) is 0.119. The normalized spacial score (nSPS) is 32.8. The molecule has 86 valence electrons. The third-order valence-corrected chi connectivity index (χ3v) is 3.65. The fraction of sp³-hybridized carbons (Fsp3) is 0.455. The zero-order valence-electron chi connectivity index (χ0n) is 8.60. The van der Waals surface area contributed by atoms with E-state index in [2.05, 4.69) is 4.98 Å². The molecule has 3 aliphatic rings. The number of esters is 1. The summed E-state index contributed by atoms with van der Waals surface area (Å²) in [7, 11) is 0. The number of carbonyl (C=O) groups is 1. The molecule has 3 saturated carbocycles. The van der Waals surface area contributed by atoms with Gasteiger partial charge in [0.15, 0.2) is 0 Å². The summed E-state index contributed by atoms with van der Waals surface area (Å²) in [6.45, 7) is 0. The first-order chi connectivity index (χ1) is 7.61. The first-order valence-corrected chi connectivity index (χ1v) is 5.28. The molecule has 1 aromatic rings. The van der Waals surface area contributed by atoms with E-state index in [4.69, 9.17) is 10.5 Å². The SMILES string of the molecule is N[C@@H]1C2CC1(OC(=O)c1ccc(=O)[nH]c1)C2.[LiH]. The van der Waals surface area contributed by atoms with Crippen LogP contribution in [0.1, 0.15) is 23.2 Å². The molecular weight excluding hydrogens is 215 g/mol. The maximum atomic E-state index is 11.7. The molecule has 0 aliphatic heterocycles. The van der Waals surface area contributed by atoms with Gasteiger partial charge in [0, 0.05) is 18.3 Å². The van der Waals surface area contributed by atoms with Gasteiger partial charge in [0.05, 0.1) is 5.56 Å². The van der Waals surface area contributed by atoms with Crippen molar-refractivity contribution in [3.63, 3.8) is 0 Å². The Morgan fingerprint density at radius 2 is 2.18 bits per heavy atom. The average molecular weight is 228 g/mol. The fourth-order valence-electron chi connectivity index (χ4n) is 2.39. The molecule has 4 rings (SSSR count). The van der Waals surface area contributed by atoms with Crippen LogP contribution in [-0.2, 0) is 4.74 Å². The number of pyridine rings is 1. The molecule has 3 aliphatic carbocycles. The molecule has 1 aromatic heterocycles.